The normalized spacial score (nSPS) is 19.0. The fraction of sp³-hybridized carbons (Fsp3) is 0.111. The summed E-state index contributed by atoms with van der Waals surface area (Å²) in [7, 11) is 0. The van der Waals surface area contributed by atoms with Crippen LogP contribution in [-0.4, -0.2) is 11.9 Å². The van der Waals surface area contributed by atoms with Gasteiger partial charge in [0.2, 0.25) is 0 Å². The van der Waals surface area contributed by atoms with Gasteiger partial charge >= 0.3 is 5.97 Å². The monoisotopic (exact) mass is 177 g/mol. The Hall–Kier alpha value is -1.84. The predicted molar refractivity (Wildman–Crippen MR) is 45.9 cm³/mol. The zero-order chi connectivity index (χ0) is 9.26. The van der Waals surface area contributed by atoms with Gasteiger partial charge in [0, 0.05) is 12.5 Å². The molecule has 0 saturated carbocycles. The second-order valence-corrected chi connectivity index (χ2v) is 2.61. The van der Waals surface area contributed by atoms with Crippen molar-refractivity contribution >= 4 is 17.9 Å². The molecule has 0 saturated heterocycles. The van der Waals surface area contributed by atoms with Gasteiger partial charge in [0.05, 0.1) is 12.5 Å². The van der Waals surface area contributed by atoms with Crippen LogP contribution in [0.25, 0.3) is 6.08 Å². The molecule has 0 aromatic carbocycles. The molecule has 0 spiro atoms. The van der Waals surface area contributed by atoms with Gasteiger partial charge in [-0.1, -0.05) is 0 Å². The van der Waals surface area contributed by atoms with E-state index < -0.39 is 5.97 Å². The smallest absolute Gasteiger partial charge is 0.363 e. The highest BCUT2D eigenvalue weighted by atomic mass is 16.6. The minimum Gasteiger partial charge on any atom is -0.472 e. The molecule has 0 aliphatic carbocycles. The van der Waals surface area contributed by atoms with Gasteiger partial charge in [0.1, 0.15) is 0 Å². The van der Waals surface area contributed by atoms with E-state index in [1.165, 1.54) is 12.5 Å². The standard InChI is InChI=1S/C9H7NO3/c1-6-10-8(9(11)13-6)4-7-2-3-12-5-7/h2-5H,1H3/b8-4-. The number of esters is 1. The van der Waals surface area contributed by atoms with Crippen LogP contribution in [0, 0.1) is 0 Å². The van der Waals surface area contributed by atoms with E-state index in [1.54, 1.807) is 19.1 Å². The number of nitrogens with zero attached hydrogens (tertiary/aromatic N) is 1. The molecule has 4 heteroatoms. The van der Waals surface area contributed by atoms with Crippen LogP contribution in [0.4, 0.5) is 0 Å². The minimum atomic E-state index is -0.418. The van der Waals surface area contributed by atoms with Gasteiger partial charge in [0.15, 0.2) is 11.6 Å². The van der Waals surface area contributed by atoms with Gasteiger partial charge in [-0.15, -0.1) is 0 Å². The second-order valence-electron chi connectivity index (χ2n) is 2.61. The van der Waals surface area contributed by atoms with Gasteiger partial charge in [-0.3, -0.25) is 0 Å². The van der Waals surface area contributed by atoms with E-state index in [4.69, 9.17) is 9.15 Å². The minimum absolute atomic E-state index is 0.305. The highest BCUT2D eigenvalue weighted by Crippen LogP contribution is 2.15. The van der Waals surface area contributed by atoms with Crippen molar-refractivity contribution in [3.05, 3.63) is 29.9 Å². The lowest BCUT2D eigenvalue weighted by Crippen LogP contribution is -1.99. The van der Waals surface area contributed by atoms with E-state index >= 15 is 0 Å². The van der Waals surface area contributed by atoms with Gasteiger partial charge in [0.25, 0.3) is 0 Å². The summed E-state index contributed by atoms with van der Waals surface area (Å²) in [5.74, 6) is -0.0431. The van der Waals surface area contributed by atoms with E-state index in [0.717, 1.165) is 5.56 Å². The Bertz CT molecular complexity index is 387. The second kappa shape index (κ2) is 2.90. The first-order valence-corrected chi connectivity index (χ1v) is 3.77. The third-order valence-electron chi connectivity index (χ3n) is 1.57. The molecular weight excluding hydrogens is 170 g/mol. The quantitative estimate of drug-likeness (QED) is 0.483. The molecule has 0 unspecified atom stereocenters. The summed E-state index contributed by atoms with van der Waals surface area (Å²) in [6.45, 7) is 1.63. The zero-order valence-corrected chi connectivity index (χ0v) is 6.98. The van der Waals surface area contributed by atoms with Crippen LogP contribution in [0.2, 0.25) is 0 Å². The van der Waals surface area contributed by atoms with Gasteiger partial charge in [-0.2, -0.15) is 0 Å². The Kier molecular flexibility index (Phi) is 1.73. The Labute approximate surface area is 74.5 Å². The van der Waals surface area contributed by atoms with Crippen LogP contribution in [0.1, 0.15) is 12.5 Å². The first-order valence-electron chi connectivity index (χ1n) is 3.77. The molecule has 1 aliphatic heterocycles. The molecule has 0 radical (unpaired) electrons. The fourth-order valence-corrected chi connectivity index (χ4v) is 1.03. The lowest BCUT2D eigenvalue weighted by atomic mass is 10.3. The summed E-state index contributed by atoms with van der Waals surface area (Å²) in [4.78, 5) is 15.0. The van der Waals surface area contributed by atoms with Crippen LogP contribution in [-0.2, 0) is 9.53 Å². The van der Waals surface area contributed by atoms with Gasteiger partial charge in [-0.05, 0) is 12.1 Å². The van der Waals surface area contributed by atoms with Crippen molar-refractivity contribution in [3.8, 4) is 0 Å². The molecule has 66 valence electrons. The highest BCUT2D eigenvalue weighted by Gasteiger charge is 2.19. The number of aliphatic imine (C=N–C) groups is 1. The molecule has 1 aromatic heterocycles. The predicted octanol–water partition coefficient (Wildman–Crippen LogP) is 1.60. The molecule has 1 aliphatic rings. The van der Waals surface area contributed by atoms with Gasteiger partial charge in [-0.25, -0.2) is 9.79 Å². The third kappa shape index (κ3) is 1.51. The van der Waals surface area contributed by atoms with Crippen LogP contribution < -0.4 is 0 Å². The number of ether oxygens (including phenoxy) is 1. The lowest BCUT2D eigenvalue weighted by Gasteiger charge is -1.87. The molecule has 0 amide bonds. The summed E-state index contributed by atoms with van der Waals surface area (Å²) < 4.78 is 9.58. The number of hydrogen-bond donors (Lipinski definition) is 0. The van der Waals surface area contributed by atoms with Crippen molar-refractivity contribution in [1.82, 2.24) is 0 Å². The van der Waals surface area contributed by atoms with E-state index in [-0.39, 0.29) is 0 Å². The van der Waals surface area contributed by atoms with Crippen molar-refractivity contribution in [1.29, 1.82) is 0 Å². The van der Waals surface area contributed by atoms with Crippen LogP contribution in [0.15, 0.2) is 33.7 Å². The molecule has 0 bridgehead atoms. The molecular formula is C9H7NO3. The number of furan rings is 1. The van der Waals surface area contributed by atoms with E-state index in [9.17, 15) is 4.79 Å². The Morgan fingerprint density at radius 1 is 1.54 bits per heavy atom. The SMILES string of the molecule is CC1=N/C(=C\c2ccoc2)C(=O)O1. The largest absolute Gasteiger partial charge is 0.472 e. The van der Waals surface area contributed by atoms with Gasteiger partial charge < -0.3 is 9.15 Å². The maximum Gasteiger partial charge on any atom is 0.363 e. The van der Waals surface area contributed by atoms with Crippen molar-refractivity contribution < 1.29 is 13.9 Å². The van der Waals surface area contributed by atoms with E-state index in [0.29, 0.717) is 11.6 Å². The average molecular weight is 177 g/mol. The van der Waals surface area contributed by atoms with Crippen LogP contribution in [0.3, 0.4) is 0 Å². The summed E-state index contributed by atoms with van der Waals surface area (Å²) in [6, 6.07) is 1.74. The lowest BCUT2D eigenvalue weighted by molar-refractivity contribution is -0.130. The summed E-state index contributed by atoms with van der Waals surface area (Å²) in [6.07, 6.45) is 4.68. The maximum atomic E-state index is 11.1. The molecule has 2 rings (SSSR count). The summed E-state index contributed by atoms with van der Waals surface area (Å²) in [5.41, 5.74) is 1.10. The number of rotatable bonds is 1. The van der Waals surface area contributed by atoms with E-state index in [1.807, 2.05) is 0 Å². The highest BCUT2D eigenvalue weighted by molar-refractivity contribution is 6.06. The summed E-state index contributed by atoms with van der Waals surface area (Å²) in [5, 5.41) is 0. The number of cyclic esters (lactones) is 1. The van der Waals surface area contributed by atoms with Crippen molar-refractivity contribution in [3.63, 3.8) is 0 Å². The molecule has 0 atom stereocenters. The number of hydrogen-bond acceptors (Lipinski definition) is 4. The van der Waals surface area contributed by atoms with E-state index in [2.05, 4.69) is 4.99 Å². The molecule has 2 heterocycles. The third-order valence-corrected chi connectivity index (χ3v) is 1.57. The molecule has 13 heavy (non-hydrogen) atoms. The Balaban J connectivity index is 2.31. The van der Waals surface area contributed by atoms with Crippen molar-refractivity contribution in [2.45, 2.75) is 6.92 Å². The topological polar surface area (TPSA) is 51.8 Å². The number of carbonyl (C=O) groups is 1. The first-order chi connectivity index (χ1) is 6.25. The molecule has 4 nitrogen and oxygen atoms in total. The van der Waals surface area contributed by atoms with Crippen molar-refractivity contribution in [2.75, 3.05) is 0 Å². The number of carbonyl (C=O) groups excluding carboxylic acids is 1. The Morgan fingerprint density at radius 2 is 2.38 bits per heavy atom. The van der Waals surface area contributed by atoms with Crippen LogP contribution in [0.5, 0.6) is 0 Å². The average Bonchev–Trinajstić information content (AvgIpc) is 2.63. The first kappa shape index (κ1) is 7.79. The molecule has 1 aromatic rings. The zero-order valence-electron chi connectivity index (χ0n) is 6.98. The fourth-order valence-electron chi connectivity index (χ4n) is 1.03. The van der Waals surface area contributed by atoms with Crippen LogP contribution >= 0.6 is 0 Å². The molecule has 0 fully saturated rings. The van der Waals surface area contributed by atoms with Crippen molar-refractivity contribution in [2.24, 2.45) is 4.99 Å². The Morgan fingerprint density at radius 3 is 2.92 bits per heavy atom. The maximum absolute atomic E-state index is 11.1. The molecule has 0 N–H and O–H groups in total. The summed E-state index contributed by atoms with van der Waals surface area (Å²) >= 11 is 0.